The quantitative estimate of drug-likeness (QED) is 0.757. The summed E-state index contributed by atoms with van der Waals surface area (Å²) in [6, 6.07) is 4.40. The summed E-state index contributed by atoms with van der Waals surface area (Å²) in [5, 5.41) is 0. The maximum absolute atomic E-state index is 5.57. The summed E-state index contributed by atoms with van der Waals surface area (Å²) < 4.78 is 0. The molecule has 1 aromatic rings. The number of hydrogen-bond donors (Lipinski definition) is 1. The average molecular weight is 179 g/mol. The maximum Gasteiger partial charge on any atom is 0.128 e. The molecule has 0 radical (unpaired) electrons. The Morgan fingerprint density at radius 2 is 2.23 bits per heavy atom. The minimum Gasteiger partial charge on any atom is -0.356 e. The second-order valence-electron chi connectivity index (χ2n) is 3.39. The lowest BCUT2D eigenvalue weighted by atomic mass is 10.2. The second kappa shape index (κ2) is 4.23. The van der Waals surface area contributed by atoms with Crippen LogP contribution in [0.2, 0.25) is 0 Å². The van der Waals surface area contributed by atoms with E-state index >= 15 is 0 Å². The Morgan fingerprint density at radius 1 is 1.54 bits per heavy atom. The van der Waals surface area contributed by atoms with Crippen LogP contribution in [0.15, 0.2) is 18.3 Å². The van der Waals surface area contributed by atoms with Gasteiger partial charge in [-0.3, -0.25) is 0 Å². The van der Waals surface area contributed by atoms with Crippen molar-refractivity contribution in [2.75, 3.05) is 18.5 Å². The molecular formula is C10H17N3. The number of nitrogens with zero attached hydrogens (tertiary/aromatic N) is 2. The zero-order valence-corrected chi connectivity index (χ0v) is 8.49. The summed E-state index contributed by atoms with van der Waals surface area (Å²) in [6.45, 7) is 4.76. The van der Waals surface area contributed by atoms with E-state index in [2.05, 4.69) is 22.9 Å². The number of pyridine rings is 1. The molecule has 2 N–H and O–H groups in total. The van der Waals surface area contributed by atoms with Crippen LogP contribution in [0.25, 0.3) is 0 Å². The van der Waals surface area contributed by atoms with Crippen molar-refractivity contribution in [3.63, 3.8) is 0 Å². The lowest BCUT2D eigenvalue weighted by molar-refractivity contribution is 0.687. The van der Waals surface area contributed by atoms with Crippen LogP contribution in [0.5, 0.6) is 0 Å². The highest BCUT2D eigenvalue weighted by molar-refractivity contribution is 5.39. The highest BCUT2D eigenvalue weighted by Crippen LogP contribution is 2.11. The fourth-order valence-electron chi connectivity index (χ4n) is 1.05. The van der Waals surface area contributed by atoms with Gasteiger partial charge in [0, 0.05) is 25.8 Å². The predicted octanol–water partition coefficient (Wildman–Crippen LogP) is 1.17. The molecule has 3 nitrogen and oxygen atoms in total. The number of aromatic nitrogens is 1. The van der Waals surface area contributed by atoms with E-state index in [0.717, 1.165) is 5.82 Å². The molecule has 3 heteroatoms. The van der Waals surface area contributed by atoms with Crippen LogP contribution in [0, 0.1) is 6.92 Å². The smallest absolute Gasteiger partial charge is 0.128 e. The van der Waals surface area contributed by atoms with E-state index in [1.54, 1.807) is 0 Å². The Balaban J connectivity index is 2.77. The minimum absolute atomic E-state index is 0.329. The van der Waals surface area contributed by atoms with Crippen LogP contribution in [0.4, 0.5) is 5.82 Å². The van der Waals surface area contributed by atoms with Crippen molar-refractivity contribution < 1.29 is 0 Å². The Hall–Kier alpha value is -1.09. The first kappa shape index (κ1) is 9.99. The maximum atomic E-state index is 5.57. The van der Waals surface area contributed by atoms with Gasteiger partial charge in [0.15, 0.2) is 0 Å². The highest BCUT2D eigenvalue weighted by atomic mass is 15.2. The third-order valence-corrected chi connectivity index (χ3v) is 2.26. The van der Waals surface area contributed by atoms with E-state index in [-0.39, 0.29) is 0 Å². The van der Waals surface area contributed by atoms with E-state index < -0.39 is 0 Å². The summed E-state index contributed by atoms with van der Waals surface area (Å²) in [5.41, 5.74) is 6.75. The van der Waals surface area contributed by atoms with Crippen molar-refractivity contribution in [1.82, 2.24) is 4.98 Å². The van der Waals surface area contributed by atoms with Gasteiger partial charge in [0.1, 0.15) is 5.82 Å². The number of likely N-dealkylation sites (N-methyl/N-ethyl adjacent to an activating group) is 1. The predicted molar refractivity (Wildman–Crippen MR) is 55.9 cm³/mol. The Kier molecular flexibility index (Phi) is 3.25. The molecule has 1 unspecified atom stereocenters. The Morgan fingerprint density at radius 3 is 2.69 bits per heavy atom. The first-order chi connectivity index (χ1) is 6.15. The molecule has 72 valence electrons. The van der Waals surface area contributed by atoms with Crippen LogP contribution in [-0.4, -0.2) is 24.6 Å². The Bertz CT molecular complexity index is 255. The summed E-state index contributed by atoms with van der Waals surface area (Å²) in [5.74, 6) is 0.976. The van der Waals surface area contributed by atoms with Gasteiger partial charge >= 0.3 is 0 Å². The lowest BCUT2D eigenvalue weighted by Gasteiger charge is -2.24. The van der Waals surface area contributed by atoms with Gasteiger partial charge in [-0.15, -0.1) is 0 Å². The summed E-state index contributed by atoms with van der Waals surface area (Å²) in [6.07, 6.45) is 1.87. The molecule has 1 aromatic heterocycles. The molecule has 13 heavy (non-hydrogen) atoms. The normalized spacial score (nSPS) is 12.6. The van der Waals surface area contributed by atoms with Crippen LogP contribution in [-0.2, 0) is 0 Å². The van der Waals surface area contributed by atoms with Gasteiger partial charge < -0.3 is 10.6 Å². The SMILES string of the molecule is Cc1ccc(N(C)C(C)CN)nc1. The number of hydrogen-bond acceptors (Lipinski definition) is 3. The molecule has 1 heterocycles. The third kappa shape index (κ3) is 2.42. The molecule has 0 fully saturated rings. The highest BCUT2D eigenvalue weighted by Gasteiger charge is 2.07. The van der Waals surface area contributed by atoms with Gasteiger partial charge in [-0.2, -0.15) is 0 Å². The lowest BCUT2D eigenvalue weighted by Crippen LogP contribution is -2.35. The minimum atomic E-state index is 0.329. The standard InChI is InChI=1S/C10H17N3/c1-8-4-5-10(12-7-8)13(3)9(2)6-11/h4-5,7,9H,6,11H2,1-3H3. The van der Waals surface area contributed by atoms with Crippen molar-refractivity contribution in [3.05, 3.63) is 23.9 Å². The van der Waals surface area contributed by atoms with Crippen molar-refractivity contribution in [2.24, 2.45) is 5.73 Å². The molecule has 1 atom stereocenters. The molecule has 0 spiro atoms. The van der Waals surface area contributed by atoms with E-state index in [9.17, 15) is 0 Å². The van der Waals surface area contributed by atoms with Crippen LogP contribution in [0.1, 0.15) is 12.5 Å². The zero-order chi connectivity index (χ0) is 9.84. The number of rotatable bonds is 3. The molecule has 0 aromatic carbocycles. The van der Waals surface area contributed by atoms with Gasteiger partial charge in [-0.05, 0) is 25.5 Å². The van der Waals surface area contributed by atoms with Crippen LogP contribution < -0.4 is 10.6 Å². The van der Waals surface area contributed by atoms with Gasteiger partial charge in [0.05, 0.1) is 0 Å². The second-order valence-corrected chi connectivity index (χ2v) is 3.39. The molecule has 0 aliphatic rings. The van der Waals surface area contributed by atoms with E-state index in [1.165, 1.54) is 5.56 Å². The topological polar surface area (TPSA) is 42.1 Å². The summed E-state index contributed by atoms with van der Waals surface area (Å²) in [7, 11) is 2.01. The number of aryl methyl sites for hydroxylation is 1. The molecule has 0 aliphatic heterocycles. The molecule has 0 aliphatic carbocycles. The van der Waals surface area contributed by atoms with Crippen molar-refractivity contribution in [2.45, 2.75) is 19.9 Å². The molecular weight excluding hydrogens is 162 g/mol. The van der Waals surface area contributed by atoms with E-state index in [4.69, 9.17) is 5.73 Å². The van der Waals surface area contributed by atoms with Crippen molar-refractivity contribution in [1.29, 1.82) is 0 Å². The van der Waals surface area contributed by atoms with Crippen molar-refractivity contribution in [3.8, 4) is 0 Å². The monoisotopic (exact) mass is 179 g/mol. The number of anilines is 1. The fourth-order valence-corrected chi connectivity index (χ4v) is 1.05. The Labute approximate surface area is 79.6 Å². The van der Waals surface area contributed by atoms with Crippen LogP contribution in [0.3, 0.4) is 0 Å². The fraction of sp³-hybridized carbons (Fsp3) is 0.500. The first-order valence-corrected chi connectivity index (χ1v) is 4.50. The zero-order valence-electron chi connectivity index (χ0n) is 8.49. The van der Waals surface area contributed by atoms with Gasteiger partial charge in [-0.25, -0.2) is 4.98 Å². The summed E-state index contributed by atoms with van der Waals surface area (Å²) in [4.78, 5) is 6.40. The molecule has 0 bridgehead atoms. The number of nitrogens with two attached hydrogens (primary N) is 1. The molecule has 1 rings (SSSR count). The van der Waals surface area contributed by atoms with Gasteiger partial charge in [0.2, 0.25) is 0 Å². The van der Waals surface area contributed by atoms with Gasteiger partial charge in [0.25, 0.3) is 0 Å². The molecule has 0 saturated carbocycles. The van der Waals surface area contributed by atoms with Crippen LogP contribution >= 0.6 is 0 Å². The first-order valence-electron chi connectivity index (χ1n) is 4.50. The van der Waals surface area contributed by atoms with E-state index in [0.29, 0.717) is 12.6 Å². The largest absolute Gasteiger partial charge is 0.356 e. The molecule has 0 saturated heterocycles. The van der Waals surface area contributed by atoms with Gasteiger partial charge in [-0.1, -0.05) is 6.07 Å². The molecule has 0 amide bonds. The van der Waals surface area contributed by atoms with E-state index in [1.807, 2.05) is 26.2 Å². The third-order valence-electron chi connectivity index (χ3n) is 2.26. The average Bonchev–Trinajstić information content (AvgIpc) is 2.17. The summed E-state index contributed by atoms with van der Waals surface area (Å²) >= 11 is 0. The van der Waals surface area contributed by atoms with Crippen molar-refractivity contribution >= 4 is 5.82 Å².